The highest BCUT2D eigenvalue weighted by molar-refractivity contribution is 7.89. The average Bonchev–Trinajstić information content (AvgIpc) is 3.97. The predicted molar refractivity (Wildman–Crippen MR) is 215 cm³/mol. The molecule has 0 aromatic heterocycles. The lowest BCUT2D eigenvalue weighted by Gasteiger charge is -2.49. The van der Waals surface area contributed by atoms with E-state index in [0.29, 0.717) is 31.1 Å². The molecule has 4 aromatic rings. The summed E-state index contributed by atoms with van der Waals surface area (Å²) in [6.45, 7) is 5.61. The standard InChI is InChI=1S/C46H57NO8S/c1-3-4-5-6-7-8-18-29-46(33-47(46)56(48,49)39-27-25-35(2)26-28-39)34-53-45-43(51-31-37-21-14-10-15-22-37)42(50-30-36-19-12-9-13-20-36)41-40(54-45)32-52-44(55-41)38-23-16-11-17-24-38/h9-17,19-28,40-45H,3-8,18,29-34H2,1-2H3/t40-,41+,42+,43-,44?,45-,46?,47?/m1/s1. The van der Waals surface area contributed by atoms with Crippen molar-refractivity contribution in [2.24, 2.45) is 0 Å². The molecule has 3 fully saturated rings. The molecule has 0 bridgehead atoms. The number of hydrogen-bond donors (Lipinski definition) is 0. The molecule has 0 amide bonds. The van der Waals surface area contributed by atoms with Gasteiger partial charge in [0.25, 0.3) is 0 Å². The number of aryl methyl sites for hydroxylation is 1. The minimum atomic E-state index is -3.74. The summed E-state index contributed by atoms with van der Waals surface area (Å²) in [6, 6.07) is 37.0. The summed E-state index contributed by atoms with van der Waals surface area (Å²) in [6.07, 6.45) is 4.84. The molecular weight excluding hydrogens is 727 g/mol. The lowest BCUT2D eigenvalue weighted by atomic mass is 9.96. The van der Waals surface area contributed by atoms with Crippen molar-refractivity contribution in [1.82, 2.24) is 4.31 Å². The molecule has 7 rings (SSSR count). The van der Waals surface area contributed by atoms with Gasteiger partial charge in [-0.25, -0.2) is 8.42 Å². The van der Waals surface area contributed by atoms with Gasteiger partial charge in [-0.05, 0) is 36.6 Å². The maximum atomic E-state index is 14.1. The van der Waals surface area contributed by atoms with Gasteiger partial charge >= 0.3 is 0 Å². The average molecular weight is 784 g/mol. The van der Waals surface area contributed by atoms with E-state index in [-0.39, 0.29) is 13.2 Å². The van der Waals surface area contributed by atoms with Crippen LogP contribution in [0.2, 0.25) is 0 Å². The summed E-state index contributed by atoms with van der Waals surface area (Å²) >= 11 is 0. The van der Waals surface area contributed by atoms with Gasteiger partial charge in [0.2, 0.25) is 10.0 Å². The fourth-order valence-electron chi connectivity index (χ4n) is 7.81. The molecule has 3 unspecified atom stereocenters. The molecule has 3 heterocycles. The van der Waals surface area contributed by atoms with Crippen LogP contribution < -0.4 is 0 Å². The summed E-state index contributed by atoms with van der Waals surface area (Å²) in [4.78, 5) is 0.296. The minimum Gasteiger partial charge on any atom is -0.368 e. The van der Waals surface area contributed by atoms with E-state index in [2.05, 4.69) is 6.92 Å². The molecule has 3 aliphatic heterocycles. The Morgan fingerprint density at radius 1 is 0.696 bits per heavy atom. The van der Waals surface area contributed by atoms with Crippen molar-refractivity contribution < 1.29 is 36.8 Å². The summed E-state index contributed by atoms with van der Waals surface area (Å²) in [5.74, 6) is 0. The van der Waals surface area contributed by atoms with E-state index in [1.54, 1.807) is 16.4 Å². The van der Waals surface area contributed by atoms with Crippen LogP contribution >= 0.6 is 0 Å². The van der Waals surface area contributed by atoms with Crippen LogP contribution in [0.3, 0.4) is 0 Å². The number of benzene rings is 4. The van der Waals surface area contributed by atoms with Crippen LogP contribution in [-0.2, 0) is 51.7 Å². The zero-order valence-electron chi connectivity index (χ0n) is 32.7. The second-order valence-electron chi connectivity index (χ2n) is 15.5. The van der Waals surface area contributed by atoms with Crippen LogP contribution in [-0.4, -0.2) is 68.7 Å². The molecule has 300 valence electrons. The first-order valence-corrected chi connectivity index (χ1v) is 21.8. The van der Waals surface area contributed by atoms with Crippen molar-refractivity contribution >= 4 is 10.0 Å². The smallest absolute Gasteiger partial charge is 0.243 e. The summed E-state index contributed by atoms with van der Waals surface area (Å²) in [5, 5.41) is 0. The van der Waals surface area contributed by atoms with Crippen molar-refractivity contribution in [3.63, 3.8) is 0 Å². The lowest BCUT2D eigenvalue weighted by molar-refractivity contribution is -0.373. The molecule has 56 heavy (non-hydrogen) atoms. The number of hydrogen-bond acceptors (Lipinski definition) is 8. The lowest BCUT2D eigenvalue weighted by Crippen LogP contribution is -2.63. The first-order valence-electron chi connectivity index (χ1n) is 20.4. The number of unbranched alkanes of at least 4 members (excludes halogenated alkanes) is 6. The molecule has 4 aromatic carbocycles. The van der Waals surface area contributed by atoms with Gasteiger partial charge in [0.15, 0.2) is 12.6 Å². The van der Waals surface area contributed by atoms with Crippen molar-refractivity contribution in [3.05, 3.63) is 138 Å². The number of rotatable bonds is 20. The van der Waals surface area contributed by atoms with Gasteiger partial charge in [-0.3, -0.25) is 0 Å². The van der Waals surface area contributed by atoms with E-state index in [1.807, 2.05) is 110 Å². The first-order chi connectivity index (χ1) is 27.4. The third kappa shape index (κ3) is 10.2. The zero-order chi connectivity index (χ0) is 38.8. The quantitative estimate of drug-likeness (QED) is 0.0649. The second kappa shape index (κ2) is 19.3. The van der Waals surface area contributed by atoms with E-state index in [4.69, 9.17) is 28.4 Å². The topological polar surface area (TPSA) is 92.5 Å². The summed E-state index contributed by atoms with van der Waals surface area (Å²) in [7, 11) is -3.74. The zero-order valence-corrected chi connectivity index (χ0v) is 33.6. The van der Waals surface area contributed by atoms with E-state index in [1.165, 1.54) is 25.7 Å². The van der Waals surface area contributed by atoms with Gasteiger partial charge in [0.1, 0.15) is 24.4 Å². The Labute approximate surface area is 333 Å². The molecular formula is C46H57NO8S. The molecule has 3 aliphatic rings. The van der Waals surface area contributed by atoms with E-state index >= 15 is 0 Å². The first kappa shape index (κ1) is 40.7. The highest BCUT2D eigenvalue weighted by Crippen LogP contribution is 2.44. The number of sulfonamides is 1. The van der Waals surface area contributed by atoms with Crippen molar-refractivity contribution in [2.45, 2.75) is 126 Å². The Morgan fingerprint density at radius 3 is 1.93 bits per heavy atom. The van der Waals surface area contributed by atoms with Crippen molar-refractivity contribution in [3.8, 4) is 0 Å². The molecule has 3 saturated heterocycles. The SMILES string of the molecule is CCCCCCCCCC1(CO[C@@H]2O[C@@H]3COC(c4ccccc4)O[C@@H]3[C@H](OCc3ccccc3)[C@H]2OCc2ccccc2)CN1S(=O)(=O)c1ccc(C)cc1. The van der Waals surface area contributed by atoms with Gasteiger partial charge in [-0.15, -0.1) is 0 Å². The van der Waals surface area contributed by atoms with E-state index < -0.39 is 52.6 Å². The third-order valence-corrected chi connectivity index (χ3v) is 13.1. The largest absolute Gasteiger partial charge is 0.368 e. The Morgan fingerprint density at radius 2 is 1.29 bits per heavy atom. The normalized spacial score (nSPS) is 27.4. The molecule has 0 N–H and O–H groups in total. The van der Waals surface area contributed by atoms with Crippen LogP contribution in [0.1, 0.15) is 86.8 Å². The highest BCUT2D eigenvalue weighted by atomic mass is 32.2. The second-order valence-corrected chi connectivity index (χ2v) is 17.3. The Bertz CT molecular complexity index is 1880. The van der Waals surface area contributed by atoms with Crippen molar-refractivity contribution in [2.75, 3.05) is 19.8 Å². The fraction of sp³-hybridized carbons (Fsp3) is 0.478. The molecule has 0 aliphatic carbocycles. The van der Waals surface area contributed by atoms with Gasteiger partial charge in [0, 0.05) is 12.1 Å². The summed E-state index contributed by atoms with van der Waals surface area (Å²) in [5.41, 5.74) is 3.24. The van der Waals surface area contributed by atoms with Crippen LogP contribution in [0.25, 0.3) is 0 Å². The fourth-order valence-corrected chi connectivity index (χ4v) is 9.61. The number of nitrogens with zero attached hydrogens (tertiary/aromatic N) is 1. The Hall–Kier alpha value is -3.45. The monoisotopic (exact) mass is 783 g/mol. The maximum absolute atomic E-state index is 14.1. The molecule has 0 saturated carbocycles. The van der Waals surface area contributed by atoms with Crippen LogP contribution in [0.15, 0.2) is 120 Å². The van der Waals surface area contributed by atoms with E-state index in [9.17, 15) is 8.42 Å². The third-order valence-electron chi connectivity index (χ3n) is 11.2. The number of ether oxygens (including phenoxy) is 6. The predicted octanol–water partition coefficient (Wildman–Crippen LogP) is 8.91. The van der Waals surface area contributed by atoms with Gasteiger partial charge < -0.3 is 28.4 Å². The van der Waals surface area contributed by atoms with Crippen LogP contribution in [0.4, 0.5) is 0 Å². The minimum absolute atomic E-state index is 0.154. The highest BCUT2D eigenvalue weighted by Gasteiger charge is 2.60. The molecule has 0 spiro atoms. The van der Waals surface area contributed by atoms with Gasteiger partial charge in [0.05, 0.1) is 36.9 Å². The van der Waals surface area contributed by atoms with Crippen molar-refractivity contribution in [1.29, 1.82) is 0 Å². The Balaban J connectivity index is 1.14. The Kier molecular flexibility index (Phi) is 14.1. The molecule has 8 atom stereocenters. The van der Waals surface area contributed by atoms with Crippen LogP contribution in [0, 0.1) is 6.92 Å². The number of fused-ring (bicyclic) bond motifs is 1. The maximum Gasteiger partial charge on any atom is 0.243 e. The van der Waals surface area contributed by atoms with Gasteiger partial charge in [-0.1, -0.05) is 161 Å². The summed E-state index contributed by atoms with van der Waals surface area (Å²) < 4.78 is 69.8. The van der Waals surface area contributed by atoms with Gasteiger partial charge in [-0.2, -0.15) is 4.31 Å². The van der Waals surface area contributed by atoms with Crippen LogP contribution in [0.5, 0.6) is 0 Å². The molecule has 10 heteroatoms. The molecule has 0 radical (unpaired) electrons. The molecule has 9 nitrogen and oxygen atoms in total. The van der Waals surface area contributed by atoms with E-state index in [0.717, 1.165) is 41.5 Å².